The van der Waals surface area contributed by atoms with Gasteiger partial charge in [-0.2, -0.15) is 4.98 Å². The number of urea groups is 1. The van der Waals surface area contributed by atoms with E-state index in [2.05, 4.69) is 74.5 Å². The van der Waals surface area contributed by atoms with Crippen molar-refractivity contribution < 1.29 is 4.79 Å². The van der Waals surface area contributed by atoms with E-state index in [9.17, 15) is 4.79 Å². The number of aryl methyl sites for hydroxylation is 1. The Morgan fingerprint density at radius 1 is 1.05 bits per heavy atom. The number of nitrogens with zero attached hydrogens (tertiary/aromatic N) is 3. The van der Waals surface area contributed by atoms with Crippen LogP contribution in [0.2, 0.25) is 0 Å². The molecule has 202 valence electrons. The molecule has 0 bridgehead atoms. The molecule has 2 amide bonds. The summed E-state index contributed by atoms with van der Waals surface area (Å²) < 4.78 is 0. The van der Waals surface area contributed by atoms with E-state index in [1.807, 2.05) is 13.0 Å². The molecule has 1 saturated carbocycles. The quantitative estimate of drug-likeness (QED) is 0.366. The van der Waals surface area contributed by atoms with Gasteiger partial charge in [-0.25, -0.2) is 9.78 Å². The van der Waals surface area contributed by atoms with Crippen molar-refractivity contribution in [3.8, 4) is 0 Å². The molecule has 4 rings (SSSR count). The molecule has 0 radical (unpaired) electrons. The van der Waals surface area contributed by atoms with Crippen LogP contribution in [0.15, 0.2) is 30.3 Å². The average Bonchev–Trinajstić information content (AvgIpc) is 3.00. The molecule has 2 unspecified atom stereocenters. The highest BCUT2D eigenvalue weighted by Gasteiger charge is 2.32. The van der Waals surface area contributed by atoms with E-state index in [0.29, 0.717) is 11.9 Å². The molecular weight excluding hydrogens is 462 g/mol. The maximum atomic E-state index is 13.0. The van der Waals surface area contributed by atoms with Crippen LogP contribution in [-0.4, -0.2) is 54.2 Å². The summed E-state index contributed by atoms with van der Waals surface area (Å²) in [7, 11) is 4.13. The molecule has 2 aliphatic rings. The Bertz CT molecular complexity index is 1000. The molecule has 37 heavy (non-hydrogen) atoms. The standard InChI is InChI=1S/C29H45N7O/c1-21-19-25(30-17-12-18-36(2)3)33-28(31-21)35-29(37)34-26-20-23-15-10-11-16-24(23)27(32-26)22-13-8-6-4-5-7-9-14-22/h10-11,15-16,19,22,26-27,32H,4-9,12-14,17-18,20H2,1-3H3,(H3,30,31,33,34,35,37). The molecule has 8 nitrogen and oxygen atoms in total. The zero-order valence-corrected chi connectivity index (χ0v) is 22.9. The molecule has 8 heteroatoms. The summed E-state index contributed by atoms with van der Waals surface area (Å²) in [4.78, 5) is 24.1. The van der Waals surface area contributed by atoms with Crippen LogP contribution in [-0.2, 0) is 6.42 Å². The molecule has 1 aromatic heterocycles. The molecule has 1 aromatic carbocycles. The minimum absolute atomic E-state index is 0.138. The predicted molar refractivity (Wildman–Crippen MR) is 151 cm³/mol. The maximum absolute atomic E-state index is 13.0. The topological polar surface area (TPSA) is 94.2 Å². The Balaban J connectivity index is 1.39. The minimum atomic E-state index is -0.283. The highest BCUT2D eigenvalue weighted by Crippen LogP contribution is 2.36. The number of hydrogen-bond acceptors (Lipinski definition) is 6. The van der Waals surface area contributed by atoms with E-state index in [0.717, 1.165) is 37.4 Å². The third-order valence-electron chi connectivity index (χ3n) is 7.54. The zero-order valence-electron chi connectivity index (χ0n) is 22.9. The van der Waals surface area contributed by atoms with Gasteiger partial charge in [-0.05, 0) is 63.9 Å². The molecule has 4 N–H and O–H groups in total. The van der Waals surface area contributed by atoms with Crippen LogP contribution in [0.1, 0.15) is 80.7 Å². The Hall–Kier alpha value is -2.71. The lowest BCUT2D eigenvalue weighted by molar-refractivity contribution is 0.228. The zero-order chi connectivity index (χ0) is 26.0. The molecular formula is C29H45N7O. The third kappa shape index (κ3) is 8.40. The van der Waals surface area contributed by atoms with Crippen LogP contribution in [0.5, 0.6) is 0 Å². The molecule has 2 aromatic rings. The van der Waals surface area contributed by atoms with Crippen molar-refractivity contribution in [2.75, 3.05) is 37.8 Å². The van der Waals surface area contributed by atoms with Gasteiger partial charge in [-0.15, -0.1) is 0 Å². The molecule has 1 aliphatic carbocycles. The van der Waals surface area contributed by atoms with Crippen LogP contribution >= 0.6 is 0 Å². The number of rotatable bonds is 8. The number of fused-ring (bicyclic) bond motifs is 1. The minimum Gasteiger partial charge on any atom is -0.370 e. The first-order valence-corrected chi connectivity index (χ1v) is 14.1. The maximum Gasteiger partial charge on any atom is 0.322 e. The smallest absolute Gasteiger partial charge is 0.322 e. The Kier molecular flexibility index (Phi) is 10.1. The number of aromatic nitrogens is 2. The van der Waals surface area contributed by atoms with E-state index in [4.69, 9.17) is 0 Å². The van der Waals surface area contributed by atoms with Gasteiger partial charge in [0.2, 0.25) is 5.95 Å². The first-order valence-electron chi connectivity index (χ1n) is 14.1. The fourth-order valence-electron chi connectivity index (χ4n) is 5.71. The number of carbonyl (C=O) groups is 1. The van der Waals surface area contributed by atoms with Gasteiger partial charge in [0, 0.05) is 30.8 Å². The highest BCUT2D eigenvalue weighted by atomic mass is 16.2. The van der Waals surface area contributed by atoms with Crippen molar-refractivity contribution in [1.82, 2.24) is 25.5 Å². The number of hydrogen-bond donors (Lipinski definition) is 4. The molecule has 2 heterocycles. The van der Waals surface area contributed by atoms with E-state index >= 15 is 0 Å². The van der Waals surface area contributed by atoms with Crippen LogP contribution < -0.4 is 21.3 Å². The summed E-state index contributed by atoms with van der Waals surface area (Å²) >= 11 is 0. The number of benzene rings is 1. The average molecular weight is 508 g/mol. The van der Waals surface area contributed by atoms with E-state index in [-0.39, 0.29) is 18.2 Å². The largest absolute Gasteiger partial charge is 0.370 e. The van der Waals surface area contributed by atoms with Gasteiger partial charge in [-0.3, -0.25) is 10.6 Å². The lowest BCUT2D eigenvalue weighted by Gasteiger charge is -2.38. The Morgan fingerprint density at radius 2 is 1.78 bits per heavy atom. The number of amides is 2. The lowest BCUT2D eigenvalue weighted by Crippen LogP contribution is -2.53. The van der Waals surface area contributed by atoms with Crippen molar-refractivity contribution in [1.29, 1.82) is 0 Å². The summed E-state index contributed by atoms with van der Waals surface area (Å²) in [5.41, 5.74) is 3.54. The van der Waals surface area contributed by atoms with Crippen LogP contribution in [0, 0.1) is 12.8 Å². The molecule has 1 fully saturated rings. The van der Waals surface area contributed by atoms with Crippen molar-refractivity contribution in [2.45, 2.75) is 83.3 Å². The van der Waals surface area contributed by atoms with Crippen molar-refractivity contribution in [3.05, 3.63) is 47.2 Å². The highest BCUT2D eigenvalue weighted by molar-refractivity contribution is 5.87. The van der Waals surface area contributed by atoms with Crippen molar-refractivity contribution in [2.24, 2.45) is 5.92 Å². The first-order chi connectivity index (χ1) is 18.0. The van der Waals surface area contributed by atoms with Crippen LogP contribution in [0.25, 0.3) is 0 Å². The fraction of sp³-hybridized carbons (Fsp3) is 0.621. The second-order valence-electron chi connectivity index (χ2n) is 11.0. The SMILES string of the molecule is Cc1cc(NCCCN(C)C)nc(NC(=O)NC2Cc3ccccc3C(C3CCCCCCCC3)N2)n1. The number of anilines is 2. The molecule has 1 aliphatic heterocycles. The summed E-state index contributed by atoms with van der Waals surface area (Å²) in [5.74, 6) is 1.64. The first kappa shape index (κ1) is 27.3. The normalized spacial score (nSPS) is 20.9. The van der Waals surface area contributed by atoms with Crippen molar-refractivity contribution in [3.63, 3.8) is 0 Å². The Labute approximate surface area is 222 Å². The third-order valence-corrected chi connectivity index (χ3v) is 7.54. The molecule has 2 atom stereocenters. The number of carbonyl (C=O) groups excluding carboxylic acids is 1. The van der Waals surface area contributed by atoms with Gasteiger partial charge < -0.3 is 15.5 Å². The fourth-order valence-corrected chi connectivity index (χ4v) is 5.71. The van der Waals surface area contributed by atoms with Gasteiger partial charge >= 0.3 is 6.03 Å². The summed E-state index contributed by atoms with van der Waals surface area (Å²) in [5, 5.41) is 13.2. The van der Waals surface area contributed by atoms with E-state index < -0.39 is 0 Å². The Morgan fingerprint density at radius 3 is 2.54 bits per heavy atom. The van der Waals surface area contributed by atoms with Crippen LogP contribution in [0.4, 0.5) is 16.6 Å². The van der Waals surface area contributed by atoms with Gasteiger partial charge in [0.15, 0.2) is 0 Å². The van der Waals surface area contributed by atoms with E-state index in [1.165, 1.54) is 62.5 Å². The van der Waals surface area contributed by atoms with Gasteiger partial charge in [0.05, 0.1) is 6.17 Å². The molecule has 0 spiro atoms. The van der Waals surface area contributed by atoms with Crippen LogP contribution in [0.3, 0.4) is 0 Å². The van der Waals surface area contributed by atoms with Gasteiger partial charge in [0.1, 0.15) is 5.82 Å². The monoisotopic (exact) mass is 507 g/mol. The number of nitrogens with one attached hydrogen (secondary N) is 4. The van der Waals surface area contributed by atoms with Crippen molar-refractivity contribution >= 4 is 17.8 Å². The van der Waals surface area contributed by atoms with Gasteiger partial charge in [0.25, 0.3) is 0 Å². The van der Waals surface area contributed by atoms with E-state index in [1.54, 1.807) is 0 Å². The summed E-state index contributed by atoms with van der Waals surface area (Å²) in [6.45, 7) is 3.73. The molecule has 0 saturated heterocycles. The lowest BCUT2D eigenvalue weighted by atomic mass is 9.80. The predicted octanol–water partition coefficient (Wildman–Crippen LogP) is 5.23. The second kappa shape index (κ2) is 13.7. The second-order valence-corrected chi connectivity index (χ2v) is 11.0. The van der Waals surface area contributed by atoms with Gasteiger partial charge in [-0.1, -0.05) is 62.8 Å². The summed E-state index contributed by atoms with van der Waals surface area (Å²) in [6, 6.07) is 10.6. The summed E-state index contributed by atoms with van der Waals surface area (Å²) in [6.07, 6.45) is 12.1.